The minimum absolute atomic E-state index is 0.128. The molecule has 2 atom stereocenters. The van der Waals surface area contributed by atoms with Crippen LogP contribution in [0.3, 0.4) is 0 Å². The van der Waals surface area contributed by atoms with Crippen LogP contribution in [0.15, 0.2) is 72.8 Å². The van der Waals surface area contributed by atoms with Crippen molar-refractivity contribution in [3.05, 3.63) is 101 Å². The molecule has 0 N–H and O–H groups in total. The Labute approximate surface area is 192 Å². The molecule has 5 nitrogen and oxygen atoms in total. The van der Waals surface area contributed by atoms with E-state index in [0.717, 1.165) is 28.7 Å². The third-order valence-electron chi connectivity index (χ3n) is 7.25. The maximum Gasteiger partial charge on any atom is 0.338 e. The highest BCUT2D eigenvalue weighted by molar-refractivity contribution is 6.23. The lowest BCUT2D eigenvalue weighted by molar-refractivity contribution is -0.122. The SMILES string of the molecule is CCCOC(=O)c1ccc(N2C(=O)[C@@H]3C4c5ccccc5C(c5ccccc54)[C@@H]3C2=O)cc1. The van der Waals surface area contributed by atoms with Crippen LogP contribution in [0, 0.1) is 11.8 Å². The largest absolute Gasteiger partial charge is 0.462 e. The minimum atomic E-state index is -0.415. The number of hydrogen-bond donors (Lipinski definition) is 0. The van der Waals surface area contributed by atoms with Gasteiger partial charge in [0.25, 0.3) is 0 Å². The van der Waals surface area contributed by atoms with Gasteiger partial charge in [-0.15, -0.1) is 0 Å². The van der Waals surface area contributed by atoms with Crippen LogP contribution in [-0.4, -0.2) is 24.4 Å². The molecule has 1 fully saturated rings. The van der Waals surface area contributed by atoms with Gasteiger partial charge in [-0.1, -0.05) is 55.5 Å². The van der Waals surface area contributed by atoms with Crippen LogP contribution in [0.5, 0.6) is 0 Å². The average molecular weight is 437 g/mol. The van der Waals surface area contributed by atoms with Gasteiger partial charge in [0, 0.05) is 11.8 Å². The summed E-state index contributed by atoms with van der Waals surface area (Å²) in [4.78, 5) is 40.9. The van der Waals surface area contributed by atoms with Crippen molar-refractivity contribution in [3.8, 4) is 0 Å². The summed E-state index contributed by atoms with van der Waals surface area (Å²) in [5.41, 5.74) is 5.51. The summed E-state index contributed by atoms with van der Waals surface area (Å²) in [5.74, 6) is -1.81. The van der Waals surface area contributed by atoms with Crippen LogP contribution >= 0.6 is 0 Å². The Kier molecular flexibility index (Phi) is 4.47. The maximum absolute atomic E-state index is 13.7. The molecule has 3 aromatic rings. The molecule has 0 spiro atoms. The summed E-state index contributed by atoms with van der Waals surface area (Å²) in [6, 6.07) is 23.0. The van der Waals surface area contributed by atoms with Crippen molar-refractivity contribution in [1.29, 1.82) is 0 Å². The molecule has 164 valence electrons. The quantitative estimate of drug-likeness (QED) is 0.440. The second kappa shape index (κ2) is 7.41. The van der Waals surface area contributed by atoms with Gasteiger partial charge in [0.2, 0.25) is 11.8 Å². The smallest absolute Gasteiger partial charge is 0.338 e. The maximum atomic E-state index is 13.7. The molecule has 4 aliphatic rings. The van der Waals surface area contributed by atoms with E-state index in [0.29, 0.717) is 17.9 Å². The van der Waals surface area contributed by atoms with Crippen molar-refractivity contribution in [1.82, 2.24) is 0 Å². The van der Waals surface area contributed by atoms with Crippen LogP contribution in [0.2, 0.25) is 0 Å². The Hall–Kier alpha value is -3.73. The molecule has 0 aromatic heterocycles. The topological polar surface area (TPSA) is 63.7 Å². The Morgan fingerprint density at radius 3 is 1.64 bits per heavy atom. The molecule has 1 saturated heterocycles. The fourth-order valence-electron chi connectivity index (χ4n) is 5.96. The molecular formula is C28H23NO4. The molecular weight excluding hydrogens is 414 g/mol. The number of esters is 1. The lowest BCUT2D eigenvalue weighted by Crippen LogP contribution is -2.41. The number of imide groups is 1. The van der Waals surface area contributed by atoms with Gasteiger partial charge in [0.15, 0.2) is 0 Å². The molecule has 3 aliphatic carbocycles. The molecule has 5 heteroatoms. The van der Waals surface area contributed by atoms with Crippen molar-refractivity contribution >= 4 is 23.5 Å². The Balaban J connectivity index is 1.40. The molecule has 0 unspecified atom stereocenters. The van der Waals surface area contributed by atoms with Crippen LogP contribution in [0.1, 0.15) is 57.8 Å². The summed E-state index contributed by atoms with van der Waals surface area (Å²) in [5, 5.41) is 0. The van der Waals surface area contributed by atoms with Crippen LogP contribution < -0.4 is 4.90 Å². The number of benzene rings is 3. The van der Waals surface area contributed by atoms with Gasteiger partial charge in [-0.05, 0) is 52.9 Å². The molecule has 7 rings (SSSR count). The van der Waals surface area contributed by atoms with E-state index in [1.165, 1.54) is 4.90 Å². The van der Waals surface area contributed by atoms with E-state index >= 15 is 0 Å². The first-order chi connectivity index (χ1) is 16.1. The highest BCUT2D eigenvalue weighted by atomic mass is 16.5. The third-order valence-corrected chi connectivity index (χ3v) is 7.25. The minimum Gasteiger partial charge on any atom is -0.462 e. The van der Waals surface area contributed by atoms with Gasteiger partial charge in [-0.2, -0.15) is 0 Å². The number of rotatable bonds is 4. The van der Waals surface area contributed by atoms with Gasteiger partial charge in [0.05, 0.1) is 29.7 Å². The van der Waals surface area contributed by atoms with Gasteiger partial charge >= 0.3 is 5.97 Å². The van der Waals surface area contributed by atoms with E-state index in [-0.39, 0.29) is 23.7 Å². The molecule has 0 radical (unpaired) electrons. The van der Waals surface area contributed by atoms with Gasteiger partial charge in [0.1, 0.15) is 0 Å². The summed E-state index contributed by atoms with van der Waals surface area (Å²) in [6.07, 6.45) is 0.747. The van der Waals surface area contributed by atoms with E-state index in [9.17, 15) is 14.4 Å². The number of anilines is 1. The lowest BCUT2D eigenvalue weighted by Gasteiger charge is -2.45. The monoisotopic (exact) mass is 437 g/mol. The van der Waals surface area contributed by atoms with Crippen molar-refractivity contribution in [2.75, 3.05) is 11.5 Å². The van der Waals surface area contributed by atoms with E-state index in [4.69, 9.17) is 4.74 Å². The number of carbonyl (C=O) groups is 3. The predicted octanol–water partition coefficient (Wildman–Crippen LogP) is 4.65. The summed E-state index contributed by atoms with van der Waals surface area (Å²) in [7, 11) is 0. The Morgan fingerprint density at radius 1 is 0.758 bits per heavy atom. The zero-order chi connectivity index (χ0) is 22.7. The molecule has 2 bridgehead atoms. The second-order valence-electron chi connectivity index (χ2n) is 8.96. The average Bonchev–Trinajstić information content (AvgIpc) is 3.13. The second-order valence-corrected chi connectivity index (χ2v) is 8.96. The van der Waals surface area contributed by atoms with Gasteiger partial charge in [-0.3, -0.25) is 9.59 Å². The van der Waals surface area contributed by atoms with Crippen molar-refractivity contribution in [2.24, 2.45) is 11.8 Å². The molecule has 2 amide bonds. The molecule has 3 aromatic carbocycles. The summed E-state index contributed by atoms with van der Waals surface area (Å²) < 4.78 is 5.18. The molecule has 1 aliphatic heterocycles. The molecule has 33 heavy (non-hydrogen) atoms. The summed E-state index contributed by atoms with van der Waals surface area (Å²) >= 11 is 0. The van der Waals surface area contributed by atoms with E-state index in [1.54, 1.807) is 24.3 Å². The van der Waals surface area contributed by atoms with E-state index < -0.39 is 17.8 Å². The van der Waals surface area contributed by atoms with Crippen molar-refractivity contribution < 1.29 is 19.1 Å². The predicted molar refractivity (Wildman–Crippen MR) is 123 cm³/mol. The first kappa shape index (κ1) is 19.9. The zero-order valence-electron chi connectivity index (χ0n) is 18.2. The first-order valence-electron chi connectivity index (χ1n) is 11.4. The first-order valence-corrected chi connectivity index (χ1v) is 11.4. The van der Waals surface area contributed by atoms with Crippen LogP contribution in [-0.2, 0) is 14.3 Å². The number of carbonyl (C=O) groups excluding carboxylic acids is 3. The lowest BCUT2D eigenvalue weighted by atomic mass is 9.55. The normalized spacial score (nSPS) is 24.3. The molecule has 0 saturated carbocycles. The number of nitrogens with zero attached hydrogens (tertiary/aromatic N) is 1. The van der Waals surface area contributed by atoms with Crippen LogP contribution in [0.4, 0.5) is 5.69 Å². The van der Waals surface area contributed by atoms with E-state index in [1.807, 2.05) is 31.2 Å². The standard InChI is InChI=1S/C28H23NO4/c1-2-15-33-28(32)16-11-13-17(14-12-16)29-26(30)24-22-18-7-3-4-8-19(18)23(25(24)27(29)31)21-10-6-5-9-20(21)22/h3-14,22-25H,2,15H2,1H3/t22?,23?,24-,25+. The highest BCUT2D eigenvalue weighted by Gasteiger charge is 2.61. The van der Waals surface area contributed by atoms with Crippen LogP contribution in [0.25, 0.3) is 0 Å². The fraction of sp³-hybridized carbons (Fsp3) is 0.250. The highest BCUT2D eigenvalue weighted by Crippen LogP contribution is 2.61. The van der Waals surface area contributed by atoms with Crippen molar-refractivity contribution in [2.45, 2.75) is 25.2 Å². The Morgan fingerprint density at radius 2 is 1.21 bits per heavy atom. The third kappa shape index (κ3) is 2.75. The number of amides is 2. The summed E-state index contributed by atoms with van der Waals surface area (Å²) in [6.45, 7) is 2.29. The Bertz CT molecular complexity index is 1180. The molecule has 1 heterocycles. The number of ether oxygens (including phenoxy) is 1. The van der Waals surface area contributed by atoms with E-state index in [2.05, 4.69) is 24.3 Å². The van der Waals surface area contributed by atoms with Gasteiger partial charge < -0.3 is 4.74 Å². The fourth-order valence-corrected chi connectivity index (χ4v) is 5.96. The number of hydrogen-bond acceptors (Lipinski definition) is 4. The van der Waals surface area contributed by atoms with Crippen molar-refractivity contribution in [3.63, 3.8) is 0 Å². The zero-order valence-corrected chi connectivity index (χ0v) is 18.2. The van der Waals surface area contributed by atoms with Gasteiger partial charge in [-0.25, -0.2) is 9.69 Å².